The predicted octanol–water partition coefficient (Wildman–Crippen LogP) is 4.22. The third-order valence-electron chi connectivity index (χ3n) is 6.55. The molecule has 1 aromatic heterocycles. The van der Waals surface area contributed by atoms with Crippen molar-refractivity contribution in [2.45, 2.75) is 51.5 Å². The average Bonchev–Trinajstić information content (AvgIpc) is 3.16. The van der Waals surface area contributed by atoms with E-state index in [2.05, 4.69) is 20.3 Å². The second-order valence-corrected chi connectivity index (χ2v) is 8.93. The van der Waals surface area contributed by atoms with Gasteiger partial charge in [-0.25, -0.2) is 4.39 Å². The minimum atomic E-state index is -0.448. The number of rotatable bonds is 6. The number of hydrogen-bond acceptors (Lipinski definition) is 5. The van der Waals surface area contributed by atoms with E-state index in [1.54, 1.807) is 0 Å². The van der Waals surface area contributed by atoms with Gasteiger partial charge in [0, 0.05) is 44.7 Å². The zero-order valence-electron chi connectivity index (χ0n) is 17.5. The van der Waals surface area contributed by atoms with Gasteiger partial charge in [0.2, 0.25) is 5.91 Å². The number of benzene rings is 1. The molecule has 2 aliphatic rings. The van der Waals surface area contributed by atoms with Gasteiger partial charge < -0.3 is 14.7 Å². The summed E-state index contributed by atoms with van der Waals surface area (Å²) in [6.07, 6.45) is 6.39. The van der Waals surface area contributed by atoms with Crippen LogP contribution >= 0.6 is 11.6 Å². The highest BCUT2D eigenvalue weighted by atomic mass is 35.5. The second kappa shape index (κ2) is 9.52. The Morgan fingerprint density at radius 1 is 1.23 bits per heavy atom. The van der Waals surface area contributed by atoms with Crippen molar-refractivity contribution in [1.29, 1.82) is 0 Å². The first-order valence-corrected chi connectivity index (χ1v) is 11.4. The highest BCUT2D eigenvalue weighted by molar-refractivity contribution is 6.31. The summed E-state index contributed by atoms with van der Waals surface area (Å²) in [6, 6.07) is 3.27. The lowest BCUT2D eigenvalue weighted by Crippen LogP contribution is -2.47. The topological polar surface area (TPSA) is 61.6 Å². The summed E-state index contributed by atoms with van der Waals surface area (Å²) in [5.74, 6) is 1.18. The lowest BCUT2D eigenvalue weighted by Gasteiger charge is -2.36. The van der Waals surface area contributed by atoms with Crippen LogP contribution in [0.1, 0.15) is 45.4 Å². The molecule has 1 amide bonds. The summed E-state index contributed by atoms with van der Waals surface area (Å²) in [5, 5.41) is 8.02. The Kier molecular flexibility index (Phi) is 6.78. The molecule has 2 fully saturated rings. The molecule has 8 heteroatoms. The quantitative estimate of drug-likeness (QED) is 0.734. The fourth-order valence-electron chi connectivity index (χ4n) is 4.62. The summed E-state index contributed by atoms with van der Waals surface area (Å²) >= 11 is 5.84. The van der Waals surface area contributed by atoms with E-state index in [1.165, 1.54) is 31.4 Å². The number of hydrogen-bond donors (Lipinski definition) is 1. The van der Waals surface area contributed by atoms with E-state index in [0.29, 0.717) is 29.2 Å². The van der Waals surface area contributed by atoms with E-state index in [4.69, 9.17) is 16.1 Å². The van der Waals surface area contributed by atoms with Crippen molar-refractivity contribution in [3.8, 4) is 0 Å². The molecule has 30 heavy (non-hydrogen) atoms. The molecular weight excluding hydrogens is 407 g/mol. The van der Waals surface area contributed by atoms with Crippen LogP contribution < -0.4 is 10.2 Å². The molecule has 6 nitrogen and oxygen atoms in total. The molecule has 1 aromatic carbocycles. The van der Waals surface area contributed by atoms with Crippen LogP contribution in [-0.2, 0) is 4.79 Å². The standard InChI is InChI=1S/C22H30ClFN4O2/c1-2-21(29)25-16-5-3-15(4-6-16)7-8-27-9-11-28(12-10-27)22-17-13-19(24)18(23)14-20(17)30-26-22/h13-16H,2-12H2,1H3,(H,25,29). The molecule has 4 rings (SSSR count). The zero-order valence-corrected chi connectivity index (χ0v) is 18.3. The van der Waals surface area contributed by atoms with Gasteiger partial charge in [-0.1, -0.05) is 23.7 Å². The normalized spacial score (nSPS) is 23.1. The number of fused-ring (bicyclic) bond motifs is 1. The fraction of sp³-hybridized carbons (Fsp3) is 0.636. The maximum atomic E-state index is 13.9. The molecule has 2 aromatic rings. The summed E-state index contributed by atoms with van der Waals surface area (Å²) in [5.41, 5.74) is 0.518. The fourth-order valence-corrected chi connectivity index (χ4v) is 4.78. The molecule has 1 aliphatic carbocycles. The highest BCUT2D eigenvalue weighted by Crippen LogP contribution is 2.31. The van der Waals surface area contributed by atoms with Gasteiger partial charge in [-0.2, -0.15) is 0 Å². The van der Waals surface area contributed by atoms with Crippen LogP contribution in [0.4, 0.5) is 10.2 Å². The molecule has 0 unspecified atom stereocenters. The number of amides is 1. The third-order valence-corrected chi connectivity index (χ3v) is 6.84. The van der Waals surface area contributed by atoms with Crippen molar-refractivity contribution < 1.29 is 13.7 Å². The van der Waals surface area contributed by atoms with Gasteiger partial charge in [-0.3, -0.25) is 9.69 Å². The van der Waals surface area contributed by atoms with Crippen LogP contribution in [0.5, 0.6) is 0 Å². The van der Waals surface area contributed by atoms with Crippen molar-refractivity contribution in [2.75, 3.05) is 37.6 Å². The minimum Gasteiger partial charge on any atom is -0.354 e. The number of nitrogens with one attached hydrogen (secondary N) is 1. The van der Waals surface area contributed by atoms with Crippen LogP contribution in [0, 0.1) is 11.7 Å². The molecule has 1 saturated carbocycles. The van der Waals surface area contributed by atoms with E-state index in [-0.39, 0.29) is 10.9 Å². The zero-order chi connectivity index (χ0) is 21.1. The van der Waals surface area contributed by atoms with Gasteiger partial charge in [-0.15, -0.1) is 0 Å². The molecule has 0 bridgehead atoms. The number of halogens is 2. The van der Waals surface area contributed by atoms with Crippen molar-refractivity contribution >= 4 is 34.3 Å². The molecule has 0 radical (unpaired) electrons. The molecule has 1 N–H and O–H groups in total. The second-order valence-electron chi connectivity index (χ2n) is 8.52. The Labute approximate surface area is 181 Å². The van der Waals surface area contributed by atoms with Crippen LogP contribution in [0.25, 0.3) is 11.0 Å². The molecule has 1 aliphatic heterocycles. The monoisotopic (exact) mass is 436 g/mol. The largest absolute Gasteiger partial charge is 0.354 e. The maximum Gasteiger partial charge on any atom is 0.219 e. The van der Waals surface area contributed by atoms with Gasteiger partial charge in [-0.05, 0) is 50.6 Å². The van der Waals surface area contributed by atoms with E-state index in [9.17, 15) is 9.18 Å². The SMILES string of the molecule is CCC(=O)NC1CCC(CCN2CCN(c3noc4cc(Cl)c(F)cc34)CC2)CC1. The minimum absolute atomic E-state index is 0.0526. The van der Waals surface area contributed by atoms with Gasteiger partial charge in [0.25, 0.3) is 0 Å². The van der Waals surface area contributed by atoms with E-state index in [0.717, 1.165) is 51.5 Å². The van der Waals surface area contributed by atoms with Crippen LogP contribution in [-0.4, -0.2) is 54.7 Å². The first-order chi connectivity index (χ1) is 14.5. The van der Waals surface area contributed by atoms with Crippen molar-refractivity contribution in [2.24, 2.45) is 5.92 Å². The first-order valence-electron chi connectivity index (χ1n) is 11.0. The number of nitrogens with zero attached hydrogens (tertiary/aromatic N) is 3. The van der Waals surface area contributed by atoms with Gasteiger partial charge in [0.05, 0.1) is 10.4 Å². The van der Waals surface area contributed by atoms with Gasteiger partial charge in [0.1, 0.15) is 5.82 Å². The number of anilines is 1. The van der Waals surface area contributed by atoms with E-state index < -0.39 is 5.82 Å². The van der Waals surface area contributed by atoms with E-state index in [1.807, 2.05) is 6.92 Å². The van der Waals surface area contributed by atoms with Crippen LogP contribution in [0.2, 0.25) is 5.02 Å². The van der Waals surface area contributed by atoms with E-state index >= 15 is 0 Å². The van der Waals surface area contributed by atoms with Crippen LogP contribution in [0.3, 0.4) is 0 Å². The Bertz CT molecular complexity index is 873. The molecule has 0 atom stereocenters. The number of carbonyl (C=O) groups is 1. The first kappa shape index (κ1) is 21.4. The van der Waals surface area contributed by atoms with Gasteiger partial charge in [0.15, 0.2) is 11.4 Å². The third kappa shape index (κ3) is 4.89. The van der Waals surface area contributed by atoms with Crippen molar-refractivity contribution in [3.63, 3.8) is 0 Å². The number of piperazine rings is 1. The molecule has 0 spiro atoms. The Balaban J connectivity index is 1.22. The van der Waals surface area contributed by atoms with Crippen molar-refractivity contribution in [3.05, 3.63) is 23.0 Å². The predicted molar refractivity (Wildman–Crippen MR) is 116 cm³/mol. The summed E-state index contributed by atoms with van der Waals surface area (Å²) in [7, 11) is 0. The molecule has 1 saturated heterocycles. The maximum absolute atomic E-state index is 13.9. The van der Waals surface area contributed by atoms with Crippen molar-refractivity contribution in [1.82, 2.24) is 15.4 Å². The lowest BCUT2D eigenvalue weighted by atomic mass is 9.84. The smallest absolute Gasteiger partial charge is 0.219 e. The molecular formula is C22H30ClFN4O2. The summed E-state index contributed by atoms with van der Waals surface area (Å²) in [6.45, 7) is 6.63. The summed E-state index contributed by atoms with van der Waals surface area (Å²) in [4.78, 5) is 16.2. The Morgan fingerprint density at radius 2 is 1.97 bits per heavy atom. The Hall–Kier alpha value is -1.86. The Morgan fingerprint density at radius 3 is 2.67 bits per heavy atom. The summed E-state index contributed by atoms with van der Waals surface area (Å²) < 4.78 is 19.2. The number of aromatic nitrogens is 1. The number of carbonyl (C=O) groups excluding carboxylic acids is 1. The van der Waals surface area contributed by atoms with Gasteiger partial charge >= 0.3 is 0 Å². The van der Waals surface area contributed by atoms with Crippen LogP contribution in [0.15, 0.2) is 16.7 Å². The average molecular weight is 437 g/mol. The lowest BCUT2D eigenvalue weighted by molar-refractivity contribution is -0.121. The highest BCUT2D eigenvalue weighted by Gasteiger charge is 2.25. The molecule has 2 heterocycles. The molecule has 164 valence electrons.